The lowest BCUT2D eigenvalue weighted by Crippen LogP contribution is -2.46. The van der Waals surface area contributed by atoms with E-state index in [9.17, 15) is 43.3 Å². The van der Waals surface area contributed by atoms with Crippen LogP contribution in [0.15, 0.2) is 139 Å². The first kappa shape index (κ1) is 52.4. The molecule has 1 fully saturated rings. The number of aryl methyl sites for hydroxylation is 4. The van der Waals surface area contributed by atoms with Gasteiger partial charge in [0, 0.05) is 38.0 Å². The first-order chi connectivity index (χ1) is 32.4. The molecule has 0 aromatic heterocycles. The predicted molar refractivity (Wildman–Crippen MR) is 264 cm³/mol. The van der Waals surface area contributed by atoms with Crippen LogP contribution in [0.25, 0.3) is 0 Å². The molecule has 3 aliphatic rings. The molecular formula is C50H60N4O12S4. The van der Waals surface area contributed by atoms with Crippen LogP contribution in [0.2, 0.25) is 0 Å². The molecule has 0 unspecified atom stereocenters. The van der Waals surface area contributed by atoms with Gasteiger partial charge in [-0.25, -0.2) is 43.3 Å². The van der Waals surface area contributed by atoms with Crippen molar-refractivity contribution in [3.05, 3.63) is 142 Å². The van der Waals surface area contributed by atoms with Crippen molar-refractivity contribution in [2.45, 2.75) is 100 Å². The molecule has 1 aliphatic carbocycles. The molecule has 0 radical (unpaired) electrons. The number of hydrogen-bond acceptors (Lipinski definition) is 12. The Labute approximate surface area is 412 Å². The maximum atomic E-state index is 14.9. The summed E-state index contributed by atoms with van der Waals surface area (Å²) in [6.45, 7) is 13.7. The minimum atomic E-state index is -4.83. The van der Waals surface area contributed by atoms with Crippen LogP contribution in [0.5, 0.6) is 0 Å². The van der Waals surface area contributed by atoms with E-state index in [1.54, 1.807) is 104 Å². The van der Waals surface area contributed by atoms with Gasteiger partial charge in [0.2, 0.25) is 20.0 Å². The topological polar surface area (TPSA) is 202 Å². The van der Waals surface area contributed by atoms with E-state index in [1.807, 2.05) is 13.8 Å². The number of sulfonamides is 4. The second-order valence-corrected chi connectivity index (χ2v) is 27.7. The van der Waals surface area contributed by atoms with Crippen LogP contribution in [0.1, 0.15) is 63.8 Å². The van der Waals surface area contributed by atoms with Crippen LogP contribution in [-0.2, 0) is 49.6 Å². The smallest absolute Gasteiger partial charge is 0.424 e. The second kappa shape index (κ2) is 19.0. The third-order valence-electron chi connectivity index (χ3n) is 12.3. The molecule has 376 valence electrons. The molecule has 1 saturated heterocycles. The third kappa shape index (κ3) is 10.8. The number of nitrogens with zero attached hydrogens (tertiary/aromatic N) is 4. The summed E-state index contributed by atoms with van der Waals surface area (Å²) in [7, 11) is -18.2. The molecule has 4 aromatic carbocycles. The Kier molecular flexibility index (Phi) is 14.2. The minimum Gasteiger partial charge on any atom is -0.443 e. The maximum absolute atomic E-state index is 14.9. The van der Waals surface area contributed by atoms with Crippen LogP contribution >= 0.6 is 0 Å². The summed E-state index contributed by atoms with van der Waals surface area (Å²) in [6.07, 6.45) is -2.58. The van der Waals surface area contributed by atoms with Crippen LogP contribution < -0.4 is 0 Å². The Morgan fingerprint density at radius 2 is 0.843 bits per heavy atom. The number of amides is 2. The zero-order valence-electron chi connectivity index (χ0n) is 41.0. The Morgan fingerprint density at radius 1 is 0.500 bits per heavy atom. The molecule has 20 heteroatoms. The average molecular weight is 1040 g/mol. The van der Waals surface area contributed by atoms with E-state index in [0.717, 1.165) is 22.3 Å². The number of benzene rings is 4. The lowest BCUT2D eigenvalue weighted by atomic mass is 9.73. The number of rotatable bonds is 12. The Hall–Kier alpha value is -5.38. The number of carbonyl (C=O) groups excluding carboxylic acids is 2. The molecule has 2 heterocycles. The highest BCUT2D eigenvalue weighted by Gasteiger charge is 2.52. The van der Waals surface area contributed by atoms with Crippen molar-refractivity contribution in [1.82, 2.24) is 17.2 Å². The van der Waals surface area contributed by atoms with Crippen LogP contribution in [0.3, 0.4) is 0 Å². The van der Waals surface area contributed by atoms with E-state index in [-0.39, 0.29) is 62.5 Å². The maximum Gasteiger partial charge on any atom is 0.424 e. The summed E-state index contributed by atoms with van der Waals surface area (Å²) in [6, 6.07) is 24.0. The summed E-state index contributed by atoms with van der Waals surface area (Å²) in [5, 5.41) is 0. The zero-order valence-corrected chi connectivity index (χ0v) is 44.2. The van der Waals surface area contributed by atoms with Gasteiger partial charge >= 0.3 is 12.2 Å². The molecule has 4 aromatic rings. The molecule has 2 aliphatic heterocycles. The van der Waals surface area contributed by atoms with Gasteiger partial charge in [0.25, 0.3) is 20.0 Å². The van der Waals surface area contributed by atoms with E-state index in [4.69, 9.17) is 9.47 Å². The Balaban J connectivity index is 1.51. The van der Waals surface area contributed by atoms with E-state index in [2.05, 4.69) is 0 Å². The van der Waals surface area contributed by atoms with Crippen molar-refractivity contribution >= 4 is 52.3 Å². The number of ether oxygens (including phenoxy) is 2. The summed E-state index contributed by atoms with van der Waals surface area (Å²) >= 11 is 0. The van der Waals surface area contributed by atoms with Gasteiger partial charge in [-0.2, -0.15) is 17.2 Å². The predicted octanol–water partition coefficient (Wildman–Crippen LogP) is 7.72. The summed E-state index contributed by atoms with van der Waals surface area (Å²) in [5.74, 6) is -1.82. The standard InChI is InChI=1S/C50H60N4O12S4/c1-33-11-19-37(20-12-33)67(57,58)51-27-41-42-28-52(68(59,60)38-21-13-34(2)14-22-38)30-44(42)46(32-54(48(56)66-50(8,9)10)70(63,64)40-25-17-36(4)18-26-40)45(43(41)29-51)31-53(47(55)65-49(5,6)7)69(61,62)39-23-15-35(3)16-24-39/h11-26,41,43H,27-32H2,1-10H3/t41-,43+/m1/s1. The van der Waals surface area contributed by atoms with Crippen molar-refractivity contribution < 1.29 is 52.7 Å². The zero-order chi connectivity index (χ0) is 51.5. The van der Waals surface area contributed by atoms with Crippen LogP contribution in [0.4, 0.5) is 9.59 Å². The van der Waals surface area contributed by atoms with Crippen molar-refractivity contribution in [3.63, 3.8) is 0 Å². The fourth-order valence-electron chi connectivity index (χ4n) is 8.73. The molecule has 0 saturated carbocycles. The van der Waals surface area contributed by atoms with Crippen molar-refractivity contribution in [2.75, 3.05) is 39.3 Å². The molecule has 16 nitrogen and oxygen atoms in total. The quantitative estimate of drug-likeness (QED) is 0.134. The molecule has 0 spiro atoms. The normalized spacial score (nSPS) is 18.4. The molecular weight excluding hydrogens is 977 g/mol. The first-order valence-electron chi connectivity index (χ1n) is 22.6. The first-order valence-corrected chi connectivity index (χ1v) is 28.4. The van der Waals surface area contributed by atoms with Gasteiger partial charge in [-0.05, 0) is 140 Å². The third-order valence-corrected chi connectivity index (χ3v) is 19.5. The largest absolute Gasteiger partial charge is 0.443 e. The highest BCUT2D eigenvalue weighted by Crippen LogP contribution is 2.49. The molecule has 0 bridgehead atoms. The lowest BCUT2D eigenvalue weighted by Gasteiger charge is -2.36. The van der Waals surface area contributed by atoms with E-state index >= 15 is 0 Å². The van der Waals surface area contributed by atoms with Gasteiger partial charge in [0.05, 0.1) is 32.7 Å². The second-order valence-electron chi connectivity index (χ2n) is 20.1. The molecule has 0 N–H and O–H groups in total. The number of fused-ring (bicyclic) bond motifs is 2. The summed E-state index contributed by atoms with van der Waals surface area (Å²) in [4.78, 5) is 28.4. The fraction of sp³-hybridized carbons (Fsp3) is 0.400. The van der Waals surface area contributed by atoms with E-state index in [1.165, 1.54) is 57.1 Å². The van der Waals surface area contributed by atoms with Gasteiger partial charge in [-0.1, -0.05) is 70.8 Å². The van der Waals surface area contributed by atoms with Crippen molar-refractivity contribution in [3.8, 4) is 0 Å². The van der Waals surface area contributed by atoms with Gasteiger partial charge in [-0.15, -0.1) is 0 Å². The SMILES string of the molecule is Cc1ccc(S(=O)(=O)N2CC3=C(C2)[C@H]2CN(S(=O)(=O)c4ccc(C)cc4)C[C@@H]2C(CN(C(=O)OC(C)(C)C)S(=O)(=O)c2ccc(C)cc2)=C3CN(C(=O)OC(C)(C)C)S(=O)(=O)c2ccc(C)cc2)cc1. The summed E-state index contributed by atoms with van der Waals surface area (Å²) < 4.78 is 133. The number of carbonyl (C=O) groups is 2. The van der Waals surface area contributed by atoms with Gasteiger partial charge in [-0.3, -0.25) is 0 Å². The van der Waals surface area contributed by atoms with E-state index in [0.29, 0.717) is 14.2 Å². The van der Waals surface area contributed by atoms with Crippen molar-refractivity contribution in [1.29, 1.82) is 0 Å². The summed E-state index contributed by atoms with van der Waals surface area (Å²) in [5.41, 5.74) is 1.41. The van der Waals surface area contributed by atoms with E-state index < -0.39 is 88.4 Å². The van der Waals surface area contributed by atoms with Crippen LogP contribution in [0, 0.1) is 39.5 Å². The highest BCUT2D eigenvalue weighted by molar-refractivity contribution is 7.90. The van der Waals surface area contributed by atoms with Gasteiger partial charge in [0.1, 0.15) is 11.2 Å². The van der Waals surface area contributed by atoms with Crippen molar-refractivity contribution in [2.24, 2.45) is 11.8 Å². The number of hydrogen-bond donors (Lipinski definition) is 0. The molecule has 2 atom stereocenters. The Morgan fingerprint density at radius 3 is 1.23 bits per heavy atom. The average Bonchev–Trinajstić information content (AvgIpc) is 3.91. The minimum absolute atomic E-state index is 0.0154. The van der Waals surface area contributed by atoms with Gasteiger partial charge in [0.15, 0.2) is 0 Å². The fourth-order valence-corrected chi connectivity index (χ4v) is 14.2. The lowest BCUT2D eigenvalue weighted by molar-refractivity contribution is 0.0380. The molecule has 70 heavy (non-hydrogen) atoms. The molecule has 2 amide bonds. The highest BCUT2D eigenvalue weighted by atomic mass is 32.2. The Bertz CT molecular complexity index is 3210. The van der Waals surface area contributed by atoms with Gasteiger partial charge < -0.3 is 9.47 Å². The molecule has 7 rings (SSSR count). The van der Waals surface area contributed by atoms with Crippen LogP contribution in [-0.4, -0.2) is 114 Å². The monoisotopic (exact) mass is 1040 g/mol.